The van der Waals surface area contributed by atoms with Crippen molar-refractivity contribution in [3.05, 3.63) is 141 Å². The van der Waals surface area contributed by atoms with Gasteiger partial charge in [-0.05, 0) is 90.8 Å². The molecule has 0 N–H and O–H groups in total. The van der Waals surface area contributed by atoms with Crippen molar-refractivity contribution in [2.24, 2.45) is 9.98 Å². The average molecular weight is 774 g/mol. The molecule has 0 fully saturated rings. The van der Waals surface area contributed by atoms with Gasteiger partial charge in [0.1, 0.15) is 0 Å². The van der Waals surface area contributed by atoms with Crippen LogP contribution >= 0.6 is 0 Å². The van der Waals surface area contributed by atoms with E-state index in [-0.39, 0.29) is 38.6 Å². The predicted molar refractivity (Wildman–Crippen MR) is 212 cm³/mol. The van der Waals surface area contributed by atoms with E-state index >= 15 is 0 Å². The third kappa shape index (κ3) is 10.2. The van der Waals surface area contributed by atoms with E-state index in [1.54, 1.807) is 8.87 Å². The topological polar surface area (TPSA) is 70.8 Å². The van der Waals surface area contributed by atoms with Crippen LogP contribution in [-0.4, -0.2) is 32.6 Å². The number of unbranched alkanes of at least 4 members (excludes halogenated alkanes) is 2. The molecule has 0 saturated heterocycles. The van der Waals surface area contributed by atoms with Crippen LogP contribution in [0, 0.1) is 13.8 Å². The van der Waals surface area contributed by atoms with E-state index in [1.807, 2.05) is 86.7 Å². The summed E-state index contributed by atoms with van der Waals surface area (Å²) in [6.07, 6.45) is 16.0. The molecule has 5 rings (SSSR count). The Bertz CT molecular complexity index is 1650. The molecule has 3 aromatic rings. The number of hydrogen-bond donors (Lipinski definition) is 0. The van der Waals surface area contributed by atoms with E-state index in [4.69, 9.17) is 9.98 Å². The van der Waals surface area contributed by atoms with Gasteiger partial charge in [0, 0.05) is 0 Å². The summed E-state index contributed by atoms with van der Waals surface area (Å²) in [5.41, 5.74) is 10.8. The summed E-state index contributed by atoms with van der Waals surface area (Å²) >= 11 is 0.149. The number of aryl methyl sites for hydroxylation is 5. The number of hydrogen-bond acceptors (Lipinski definition) is 4. The molecule has 0 aromatic heterocycles. The quantitative estimate of drug-likeness (QED) is 0.0931. The molecule has 2 aliphatic heterocycles. The van der Waals surface area contributed by atoms with Gasteiger partial charge >= 0.3 is 69.5 Å². The Morgan fingerprint density at radius 3 is 1.38 bits per heavy atom. The summed E-state index contributed by atoms with van der Waals surface area (Å²) < 4.78 is 3.25. The van der Waals surface area contributed by atoms with Crippen LogP contribution in [0.1, 0.15) is 111 Å². The first-order valence-electron chi connectivity index (χ1n) is 18.6. The van der Waals surface area contributed by atoms with Gasteiger partial charge in [0.25, 0.3) is 0 Å². The average Bonchev–Trinajstić information content (AvgIpc) is 3.83. The van der Waals surface area contributed by atoms with E-state index in [0.29, 0.717) is 22.5 Å². The Kier molecular flexibility index (Phi) is 15.4. The van der Waals surface area contributed by atoms with Crippen molar-refractivity contribution in [1.82, 2.24) is 0 Å². The third-order valence-electron chi connectivity index (χ3n) is 9.29. The maximum Gasteiger partial charge on any atom is 0.0691 e. The van der Waals surface area contributed by atoms with Gasteiger partial charge in [-0.2, -0.15) is 0 Å². The summed E-state index contributed by atoms with van der Waals surface area (Å²) in [5.74, 6) is -0.508. The zero-order chi connectivity index (χ0) is 36.0. The fourth-order valence-electron chi connectivity index (χ4n) is 6.22. The Morgan fingerprint density at radius 2 is 1.02 bits per heavy atom. The minimum absolute atomic E-state index is 0.103. The van der Waals surface area contributed by atoms with Crippen LogP contribution in [0.4, 0.5) is 0 Å². The number of rotatable bonds is 14. The minimum Gasteiger partial charge on any atom is -0.871 e. The fourth-order valence-corrected chi connectivity index (χ4v) is 10.4. The van der Waals surface area contributed by atoms with Gasteiger partial charge in [-0.25, -0.2) is 0 Å². The standard InChI is InChI=1S/C37H38N2O2.2C4H9.Sn/c1-6-25-21-26(7-2)34(27(8-3)22-25)35(30-17-19-32(38-30)36(40)28-13-9-23(4)10-14-28)31-18-20-33(39-31)37(41)29-15-11-24(5)12-16-29;2*1-3-4-2;/h9-22,35,40-41H,6-8H2,1-5H3;2*1,3-4H2,2H3;/q;;;+2/p-2/b36-32-,37-33-;;;. The molecule has 0 atom stereocenters. The van der Waals surface area contributed by atoms with Crippen molar-refractivity contribution >= 4 is 44.1 Å². The predicted octanol–water partition coefficient (Wildman–Crippen LogP) is 9.68. The molecule has 3 aromatic carbocycles. The van der Waals surface area contributed by atoms with Crippen molar-refractivity contribution < 1.29 is 10.2 Å². The Morgan fingerprint density at radius 1 is 0.600 bits per heavy atom. The van der Waals surface area contributed by atoms with E-state index in [0.717, 1.165) is 41.8 Å². The van der Waals surface area contributed by atoms with Crippen molar-refractivity contribution in [3.8, 4) is 0 Å². The Labute approximate surface area is 311 Å². The molecular weight excluding hydrogens is 719 g/mol. The third-order valence-corrected chi connectivity index (χ3v) is 13.3. The molecule has 0 unspecified atom stereocenters. The monoisotopic (exact) mass is 774 g/mol. The Balaban J connectivity index is 0.000000551. The van der Waals surface area contributed by atoms with Crippen molar-refractivity contribution in [3.63, 3.8) is 0 Å². The van der Waals surface area contributed by atoms with Gasteiger partial charge in [0.15, 0.2) is 0 Å². The summed E-state index contributed by atoms with van der Waals surface area (Å²) in [5, 5.41) is 26.7. The summed E-state index contributed by atoms with van der Waals surface area (Å²) in [6, 6.07) is 19.7. The van der Waals surface area contributed by atoms with Gasteiger partial charge in [-0.1, -0.05) is 104 Å². The van der Waals surface area contributed by atoms with Crippen molar-refractivity contribution in [1.29, 1.82) is 0 Å². The maximum absolute atomic E-state index is 13.3. The van der Waals surface area contributed by atoms with Crippen LogP contribution in [0.5, 0.6) is 0 Å². The molecule has 0 saturated carbocycles. The van der Waals surface area contributed by atoms with Crippen LogP contribution in [0.3, 0.4) is 0 Å². The van der Waals surface area contributed by atoms with Crippen molar-refractivity contribution in [2.75, 3.05) is 0 Å². The largest absolute Gasteiger partial charge is 0.871 e. The zero-order valence-electron chi connectivity index (χ0n) is 31.2. The number of allylic oxidation sites excluding steroid dienone is 4. The molecule has 0 amide bonds. The van der Waals surface area contributed by atoms with Gasteiger partial charge < -0.3 is 10.2 Å². The first-order valence-corrected chi connectivity index (χ1v) is 22.6. The van der Waals surface area contributed by atoms with Crippen LogP contribution in [0.2, 0.25) is 8.87 Å². The van der Waals surface area contributed by atoms with Crippen LogP contribution < -0.4 is 10.2 Å². The first kappa shape index (κ1) is 39.1. The summed E-state index contributed by atoms with van der Waals surface area (Å²) in [4.78, 5) is 9.81. The fraction of sp³-hybridized carbons (Fsp3) is 0.378. The van der Waals surface area contributed by atoms with E-state index < -0.39 is 0 Å². The van der Waals surface area contributed by atoms with Crippen molar-refractivity contribution in [2.45, 2.75) is 108 Å². The second-order valence-corrected chi connectivity index (χ2v) is 17.5. The molecular formula is C45H54N2O2Sn. The zero-order valence-corrected chi connectivity index (χ0v) is 34.1. The smallest absolute Gasteiger partial charge is 0.0691 e. The SMILES string of the molecule is CCC[CH2][Sn+2][CH2]CCC.CCc1cc(CC)c(C(C2=N/C(=C(\[O-])c3ccc(C)cc3)C=C2)C2=N/C(=C(\[O-])c3ccc(C)cc3)C=C2)c(CC)c1. The van der Waals surface area contributed by atoms with E-state index in [1.165, 1.54) is 47.9 Å². The summed E-state index contributed by atoms with van der Waals surface area (Å²) in [7, 11) is 0. The van der Waals surface area contributed by atoms with Crippen LogP contribution in [0.25, 0.3) is 11.5 Å². The molecule has 5 heteroatoms. The van der Waals surface area contributed by atoms with Gasteiger partial charge in [-0.15, -0.1) is 0 Å². The molecule has 260 valence electrons. The molecule has 4 nitrogen and oxygen atoms in total. The van der Waals surface area contributed by atoms with Gasteiger partial charge in [0.05, 0.1) is 28.7 Å². The first-order chi connectivity index (χ1) is 24.2. The summed E-state index contributed by atoms with van der Waals surface area (Å²) in [6.45, 7) is 15.1. The molecule has 0 aliphatic carbocycles. The van der Waals surface area contributed by atoms with E-state index in [9.17, 15) is 10.2 Å². The van der Waals surface area contributed by atoms with Crippen LogP contribution in [-0.2, 0) is 19.3 Å². The Hall–Kier alpha value is -3.64. The van der Waals surface area contributed by atoms with Gasteiger partial charge in [-0.3, -0.25) is 9.98 Å². The molecule has 50 heavy (non-hydrogen) atoms. The number of aliphatic imine (C=N–C) groups is 2. The maximum atomic E-state index is 13.3. The number of nitrogens with zero attached hydrogens (tertiary/aromatic N) is 2. The second-order valence-electron chi connectivity index (χ2n) is 13.2. The molecule has 0 radical (unpaired) electrons. The normalized spacial score (nSPS) is 15.4. The minimum atomic E-state index is -0.301. The molecule has 0 bridgehead atoms. The number of benzene rings is 3. The van der Waals surface area contributed by atoms with Crippen LogP contribution in [0.15, 0.2) is 106 Å². The molecule has 0 spiro atoms. The second kappa shape index (κ2) is 19.7. The van der Waals surface area contributed by atoms with Gasteiger partial charge in [0.2, 0.25) is 0 Å². The molecule has 2 aliphatic rings. The van der Waals surface area contributed by atoms with E-state index in [2.05, 4.69) is 46.8 Å². The molecule has 2 heterocycles.